The Morgan fingerprint density at radius 1 is 1.47 bits per heavy atom. The van der Waals surface area contributed by atoms with Gasteiger partial charge in [0.05, 0.1) is 6.61 Å². The molecule has 0 aliphatic carbocycles. The summed E-state index contributed by atoms with van der Waals surface area (Å²) in [4.78, 5) is 13.9. The van der Waals surface area contributed by atoms with Crippen molar-refractivity contribution in [2.75, 3.05) is 30.3 Å². The van der Waals surface area contributed by atoms with Crippen molar-refractivity contribution in [1.82, 2.24) is 0 Å². The standard InChI is InChI=1S/C15H22N2O2/c1-2-3-9-19-15(18)11-17-8-4-5-12-6-7-13(16)10-14(12)17/h6-7,10H,2-5,8-9,11,16H2,1H3. The highest BCUT2D eigenvalue weighted by molar-refractivity contribution is 5.77. The molecule has 1 aromatic carbocycles. The highest BCUT2D eigenvalue weighted by Crippen LogP contribution is 2.28. The number of hydrogen-bond acceptors (Lipinski definition) is 4. The van der Waals surface area contributed by atoms with Gasteiger partial charge in [-0.1, -0.05) is 19.4 Å². The van der Waals surface area contributed by atoms with E-state index in [1.807, 2.05) is 12.1 Å². The summed E-state index contributed by atoms with van der Waals surface area (Å²) < 4.78 is 5.22. The van der Waals surface area contributed by atoms with E-state index >= 15 is 0 Å². The van der Waals surface area contributed by atoms with E-state index in [1.54, 1.807) is 0 Å². The molecule has 4 heteroatoms. The first kappa shape index (κ1) is 13.7. The van der Waals surface area contributed by atoms with Crippen LogP contribution in [0, 0.1) is 0 Å². The average molecular weight is 262 g/mol. The minimum atomic E-state index is -0.149. The second kappa shape index (κ2) is 6.45. The molecule has 0 aromatic heterocycles. The van der Waals surface area contributed by atoms with E-state index in [4.69, 9.17) is 10.5 Å². The number of rotatable bonds is 5. The number of benzene rings is 1. The molecule has 19 heavy (non-hydrogen) atoms. The number of esters is 1. The number of carbonyl (C=O) groups excluding carboxylic acids is 1. The van der Waals surface area contributed by atoms with Crippen molar-refractivity contribution < 1.29 is 9.53 Å². The molecule has 0 spiro atoms. The van der Waals surface area contributed by atoms with Crippen LogP contribution in [0.1, 0.15) is 31.7 Å². The van der Waals surface area contributed by atoms with Crippen LogP contribution in [0.15, 0.2) is 18.2 Å². The second-order valence-corrected chi connectivity index (χ2v) is 4.99. The van der Waals surface area contributed by atoms with Gasteiger partial charge in [-0.05, 0) is 37.0 Å². The van der Waals surface area contributed by atoms with Gasteiger partial charge in [0, 0.05) is 17.9 Å². The quantitative estimate of drug-likeness (QED) is 0.503. The van der Waals surface area contributed by atoms with E-state index in [9.17, 15) is 4.79 Å². The van der Waals surface area contributed by atoms with E-state index in [-0.39, 0.29) is 5.97 Å². The molecule has 1 heterocycles. The third kappa shape index (κ3) is 3.63. The number of nitrogens with two attached hydrogens (primary N) is 1. The van der Waals surface area contributed by atoms with E-state index in [0.29, 0.717) is 13.2 Å². The number of aryl methyl sites for hydroxylation is 1. The van der Waals surface area contributed by atoms with E-state index in [1.165, 1.54) is 5.56 Å². The number of unbranched alkanes of at least 4 members (excludes halogenated alkanes) is 1. The van der Waals surface area contributed by atoms with Crippen molar-refractivity contribution in [3.05, 3.63) is 23.8 Å². The van der Waals surface area contributed by atoms with Crippen LogP contribution < -0.4 is 10.6 Å². The van der Waals surface area contributed by atoms with Gasteiger partial charge in [0.15, 0.2) is 0 Å². The Kier molecular flexibility index (Phi) is 4.66. The molecule has 0 unspecified atom stereocenters. The van der Waals surface area contributed by atoms with Crippen LogP contribution in [0.3, 0.4) is 0 Å². The van der Waals surface area contributed by atoms with Gasteiger partial charge in [0.2, 0.25) is 0 Å². The SMILES string of the molecule is CCCCOC(=O)CN1CCCc2ccc(N)cc21. The molecule has 0 bridgehead atoms. The highest BCUT2D eigenvalue weighted by Gasteiger charge is 2.19. The van der Waals surface area contributed by atoms with Crippen molar-refractivity contribution in [3.8, 4) is 0 Å². The normalized spacial score (nSPS) is 14.1. The molecule has 104 valence electrons. The molecule has 0 atom stereocenters. The van der Waals surface area contributed by atoms with Crippen LogP contribution in [-0.2, 0) is 16.0 Å². The van der Waals surface area contributed by atoms with Crippen LogP contribution in [0.5, 0.6) is 0 Å². The Morgan fingerprint density at radius 2 is 2.32 bits per heavy atom. The summed E-state index contributed by atoms with van der Waals surface area (Å²) in [6.07, 6.45) is 4.09. The third-order valence-electron chi connectivity index (χ3n) is 3.41. The molecule has 1 aromatic rings. The first-order valence-electron chi connectivity index (χ1n) is 6.99. The number of carbonyl (C=O) groups is 1. The average Bonchev–Trinajstić information content (AvgIpc) is 2.40. The van der Waals surface area contributed by atoms with Gasteiger partial charge in [-0.25, -0.2) is 0 Å². The summed E-state index contributed by atoms with van der Waals surface area (Å²) in [7, 11) is 0. The first-order chi connectivity index (χ1) is 9.20. The van der Waals surface area contributed by atoms with E-state index in [0.717, 1.165) is 43.6 Å². The maximum Gasteiger partial charge on any atom is 0.325 e. The lowest BCUT2D eigenvalue weighted by Gasteiger charge is -2.30. The van der Waals surface area contributed by atoms with Gasteiger partial charge in [-0.3, -0.25) is 4.79 Å². The Morgan fingerprint density at radius 3 is 3.11 bits per heavy atom. The van der Waals surface area contributed by atoms with Crippen LogP contribution in [0.2, 0.25) is 0 Å². The van der Waals surface area contributed by atoms with Crippen molar-refractivity contribution >= 4 is 17.3 Å². The first-order valence-corrected chi connectivity index (χ1v) is 6.99. The number of nitrogen functional groups attached to an aromatic ring is 1. The number of fused-ring (bicyclic) bond motifs is 1. The van der Waals surface area contributed by atoms with Gasteiger partial charge in [0.1, 0.15) is 6.54 Å². The summed E-state index contributed by atoms with van der Waals surface area (Å²) in [5.41, 5.74) is 8.92. The molecule has 0 fully saturated rings. The largest absolute Gasteiger partial charge is 0.464 e. The lowest BCUT2D eigenvalue weighted by atomic mass is 10.0. The van der Waals surface area contributed by atoms with Crippen molar-refractivity contribution in [1.29, 1.82) is 0 Å². The van der Waals surface area contributed by atoms with Crippen molar-refractivity contribution in [2.24, 2.45) is 0 Å². The van der Waals surface area contributed by atoms with Crippen LogP contribution >= 0.6 is 0 Å². The highest BCUT2D eigenvalue weighted by atomic mass is 16.5. The molecule has 0 amide bonds. The van der Waals surface area contributed by atoms with Gasteiger partial charge >= 0.3 is 5.97 Å². The predicted molar refractivity (Wildman–Crippen MR) is 77.3 cm³/mol. The van der Waals surface area contributed by atoms with Gasteiger partial charge in [-0.2, -0.15) is 0 Å². The molecular formula is C15H22N2O2. The molecule has 0 saturated carbocycles. The Balaban J connectivity index is 1.99. The zero-order chi connectivity index (χ0) is 13.7. The third-order valence-corrected chi connectivity index (χ3v) is 3.41. The van der Waals surface area contributed by atoms with Gasteiger partial charge < -0.3 is 15.4 Å². The molecule has 0 saturated heterocycles. The van der Waals surface area contributed by atoms with Crippen molar-refractivity contribution in [2.45, 2.75) is 32.6 Å². The topological polar surface area (TPSA) is 55.6 Å². The van der Waals surface area contributed by atoms with Gasteiger partial charge in [0.25, 0.3) is 0 Å². The number of nitrogens with zero attached hydrogens (tertiary/aromatic N) is 1. The fourth-order valence-electron chi connectivity index (χ4n) is 2.36. The predicted octanol–water partition coefficient (Wildman–Crippen LogP) is 2.36. The zero-order valence-corrected chi connectivity index (χ0v) is 11.5. The van der Waals surface area contributed by atoms with Crippen LogP contribution in [0.25, 0.3) is 0 Å². The molecule has 1 aliphatic heterocycles. The molecule has 2 rings (SSSR count). The summed E-state index contributed by atoms with van der Waals surface area (Å²) in [6, 6.07) is 5.93. The zero-order valence-electron chi connectivity index (χ0n) is 11.5. The molecule has 2 N–H and O–H groups in total. The minimum Gasteiger partial charge on any atom is -0.464 e. The smallest absolute Gasteiger partial charge is 0.325 e. The van der Waals surface area contributed by atoms with Gasteiger partial charge in [-0.15, -0.1) is 0 Å². The monoisotopic (exact) mass is 262 g/mol. The van der Waals surface area contributed by atoms with Crippen LogP contribution in [-0.4, -0.2) is 25.7 Å². The number of hydrogen-bond donors (Lipinski definition) is 1. The fraction of sp³-hybridized carbons (Fsp3) is 0.533. The maximum atomic E-state index is 11.8. The van der Waals surface area contributed by atoms with Crippen molar-refractivity contribution in [3.63, 3.8) is 0 Å². The van der Waals surface area contributed by atoms with E-state index < -0.39 is 0 Å². The Bertz CT molecular complexity index is 446. The lowest BCUT2D eigenvalue weighted by Crippen LogP contribution is -2.35. The second-order valence-electron chi connectivity index (χ2n) is 4.99. The summed E-state index contributed by atoms with van der Waals surface area (Å²) in [5, 5.41) is 0. The maximum absolute atomic E-state index is 11.8. The molecule has 1 aliphatic rings. The molecular weight excluding hydrogens is 240 g/mol. The number of ether oxygens (including phenoxy) is 1. The Hall–Kier alpha value is -1.71. The molecule has 0 radical (unpaired) electrons. The lowest BCUT2D eigenvalue weighted by molar-refractivity contribution is -0.142. The minimum absolute atomic E-state index is 0.149. The van der Waals surface area contributed by atoms with Crippen LogP contribution in [0.4, 0.5) is 11.4 Å². The Labute approximate surface area is 114 Å². The fourth-order valence-corrected chi connectivity index (χ4v) is 2.36. The summed E-state index contributed by atoms with van der Waals surface area (Å²) in [5.74, 6) is -0.149. The summed E-state index contributed by atoms with van der Waals surface area (Å²) >= 11 is 0. The van der Waals surface area contributed by atoms with E-state index in [2.05, 4.69) is 17.9 Å². The number of anilines is 2. The summed E-state index contributed by atoms with van der Waals surface area (Å²) in [6.45, 7) is 3.81. The molecule has 4 nitrogen and oxygen atoms in total.